The standard InChI is InChI=1S/C13H20N2O3/c1-4-15(8-12(18)14-3)9(2)13-10(16)6-5-7-11(13)17/h5-7,9,16-17H,4,8H2,1-3H3,(H,14,18). The Morgan fingerprint density at radius 2 is 1.94 bits per heavy atom. The molecule has 0 aliphatic carbocycles. The Morgan fingerprint density at radius 3 is 2.39 bits per heavy atom. The van der Waals surface area contributed by atoms with E-state index in [-0.39, 0.29) is 30.0 Å². The van der Waals surface area contributed by atoms with Crippen LogP contribution in [0.3, 0.4) is 0 Å². The number of nitrogens with one attached hydrogen (secondary N) is 1. The van der Waals surface area contributed by atoms with E-state index in [2.05, 4.69) is 5.32 Å². The third-order valence-electron chi connectivity index (χ3n) is 3.06. The van der Waals surface area contributed by atoms with Gasteiger partial charge in [0.25, 0.3) is 0 Å². The van der Waals surface area contributed by atoms with Gasteiger partial charge in [0.1, 0.15) is 11.5 Å². The van der Waals surface area contributed by atoms with Gasteiger partial charge in [-0.2, -0.15) is 0 Å². The van der Waals surface area contributed by atoms with Gasteiger partial charge in [-0.25, -0.2) is 0 Å². The van der Waals surface area contributed by atoms with Gasteiger partial charge in [-0.3, -0.25) is 9.69 Å². The topological polar surface area (TPSA) is 72.8 Å². The second-order valence-corrected chi connectivity index (χ2v) is 4.12. The number of likely N-dealkylation sites (N-methyl/N-ethyl adjacent to an activating group) is 2. The van der Waals surface area contributed by atoms with Gasteiger partial charge in [-0.1, -0.05) is 13.0 Å². The molecular weight excluding hydrogens is 232 g/mol. The summed E-state index contributed by atoms with van der Waals surface area (Å²) in [7, 11) is 1.58. The zero-order valence-corrected chi connectivity index (χ0v) is 11.0. The molecular formula is C13H20N2O3. The first-order valence-electron chi connectivity index (χ1n) is 5.96. The molecule has 100 valence electrons. The van der Waals surface area contributed by atoms with E-state index in [1.165, 1.54) is 12.1 Å². The van der Waals surface area contributed by atoms with Crippen LogP contribution in [0.1, 0.15) is 25.5 Å². The number of aromatic hydroxyl groups is 2. The van der Waals surface area contributed by atoms with Crippen LogP contribution in [0.25, 0.3) is 0 Å². The summed E-state index contributed by atoms with van der Waals surface area (Å²) < 4.78 is 0. The number of benzene rings is 1. The minimum atomic E-state index is -0.242. The van der Waals surface area contributed by atoms with Crippen molar-refractivity contribution in [3.05, 3.63) is 23.8 Å². The van der Waals surface area contributed by atoms with Gasteiger partial charge < -0.3 is 15.5 Å². The first-order chi connectivity index (χ1) is 8.51. The molecule has 3 N–H and O–H groups in total. The van der Waals surface area contributed by atoms with Gasteiger partial charge in [0.05, 0.1) is 12.1 Å². The zero-order valence-electron chi connectivity index (χ0n) is 11.0. The van der Waals surface area contributed by atoms with Gasteiger partial charge in [0, 0.05) is 13.1 Å². The molecule has 1 amide bonds. The largest absolute Gasteiger partial charge is 0.507 e. The highest BCUT2D eigenvalue weighted by molar-refractivity contribution is 5.77. The maximum atomic E-state index is 11.4. The molecule has 18 heavy (non-hydrogen) atoms. The summed E-state index contributed by atoms with van der Waals surface area (Å²) in [5.74, 6) is -0.0191. The lowest BCUT2D eigenvalue weighted by Crippen LogP contribution is -2.37. The summed E-state index contributed by atoms with van der Waals surface area (Å²) in [6, 6.07) is 4.39. The van der Waals surface area contributed by atoms with Crippen molar-refractivity contribution in [1.82, 2.24) is 10.2 Å². The average molecular weight is 252 g/mol. The molecule has 0 aromatic heterocycles. The molecule has 0 fully saturated rings. The third kappa shape index (κ3) is 3.13. The monoisotopic (exact) mass is 252 g/mol. The molecule has 1 aromatic rings. The van der Waals surface area contributed by atoms with Crippen molar-refractivity contribution < 1.29 is 15.0 Å². The normalized spacial score (nSPS) is 12.4. The Balaban J connectivity index is 2.96. The molecule has 0 aliphatic rings. The van der Waals surface area contributed by atoms with Crippen LogP contribution in [0.5, 0.6) is 11.5 Å². The molecule has 1 unspecified atom stereocenters. The zero-order chi connectivity index (χ0) is 13.7. The second kappa shape index (κ2) is 6.26. The van der Waals surface area contributed by atoms with Crippen LogP contribution >= 0.6 is 0 Å². The number of rotatable bonds is 5. The lowest BCUT2D eigenvalue weighted by atomic mass is 10.0. The number of hydrogen-bond acceptors (Lipinski definition) is 4. The number of amides is 1. The summed E-state index contributed by atoms with van der Waals surface area (Å²) in [6.07, 6.45) is 0. The fourth-order valence-corrected chi connectivity index (χ4v) is 1.94. The number of phenols is 2. The number of nitrogens with zero attached hydrogens (tertiary/aromatic N) is 1. The Morgan fingerprint density at radius 1 is 1.39 bits per heavy atom. The predicted octanol–water partition coefficient (Wildman–Crippen LogP) is 1.23. The molecule has 1 atom stereocenters. The van der Waals surface area contributed by atoms with Crippen LogP contribution in [0.4, 0.5) is 0 Å². The minimum Gasteiger partial charge on any atom is -0.507 e. The highest BCUT2D eigenvalue weighted by Gasteiger charge is 2.22. The Hall–Kier alpha value is -1.75. The number of carbonyl (C=O) groups is 1. The molecule has 0 bridgehead atoms. The summed E-state index contributed by atoms with van der Waals surface area (Å²) in [5, 5.41) is 22.2. The highest BCUT2D eigenvalue weighted by atomic mass is 16.3. The van der Waals surface area contributed by atoms with Gasteiger partial charge in [-0.05, 0) is 25.6 Å². The first kappa shape index (κ1) is 14.3. The van der Waals surface area contributed by atoms with Crippen molar-refractivity contribution in [1.29, 1.82) is 0 Å². The van der Waals surface area contributed by atoms with Crippen molar-refractivity contribution in [3.63, 3.8) is 0 Å². The predicted molar refractivity (Wildman–Crippen MR) is 69.5 cm³/mol. The van der Waals surface area contributed by atoms with E-state index in [1.807, 2.05) is 18.7 Å². The Kier molecular flexibility index (Phi) is 4.97. The number of carbonyl (C=O) groups excluding carboxylic acids is 1. The van der Waals surface area contributed by atoms with E-state index in [1.54, 1.807) is 13.1 Å². The van der Waals surface area contributed by atoms with Crippen molar-refractivity contribution in [2.24, 2.45) is 0 Å². The van der Waals surface area contributed by atoms with Gasteiger partial charge in [-0.15, -0.1) is 0 Å². The molecule has 5 heteroatoms. The van der Waals surface area contributed by atoms with Crippen molar-refractivity contribution in [2.75, 3.05) is 20.1 Å². The van der Waals surface area contributed by atoms with Crippen LogP contribution in [-0.2, 0) is 4.79 Å². The van der Waals surface area contributed by atoms with E-state index in [0.717, 1.165) is 0 Å². The molecule has 0 aliphatic heterocycles. The molecule has 1 rings (SSSR count). The van der Waals surface area contributed by atoms with Gasteiger partial charge in [0.15, 0.2) is 0 Å². The Bertz CT molecular complexity index is 400. The maximum absolute atomic E-state index is 11.4. The summed E-state index contributed by atoms with van der Waals surface area (Å²) in [6.45, 7) is 4.64. The van der Waals surface area contributed by atoms with Crippen molar-refractivity contribution in [2.45, 2.75) is 19.9 Å². The Labute approximate surface area is 107 Å². The summed E-state index contributed by atoms with van der Waals surface area (Å²) >= 11 is 0. The van der Waals surface area contributed by atoms with Gasteiger partial charge in [0.2, 0.25) is 5.91 Å². The summed E-state index contributed by atoms with van der Waals surface area (Å²) in [4.78, 5) is 13.3. The molecule has 5 nitrogen and oxygen atoms in total. The number of phenolic OH excluding ortho intramolecular Hbond substituents is 2. The van der Waals surface area contributed by atoms with E-state index >= 15 is 0 Å². The van der Waals surface area contributed by atoms with Crippen molar-refractivity contribution in [3.8, 4) is 11.5 Å². The minimum absolute atomic E-state index is 0.0397. The van der Waals surface area contributed by atoms with Crippen molar-refractivity contribution >= 4 is 5.91 Å². The maximum Gasteiger partial charge on any atom is 0.233 e. The van der Waals surface area contributed by atoms with Crippen LogP contribution in [-0.4, -0.2) is 41.2 Å². The fourth-order valence-electron chi connectivity index (χ4n) is 1.94. The summed E-state index contributed by atoms with van der Waals surface area (Å²) in [5.41, 5.74) is 0.447. The lowest BCUT2D eigenvalue weighted by Gasteiger charge is -2.28. The first-order valence-corrected chi connectivity index (χ1v) is 5.96. The molecule has 0 spiro atoms. The molecule has 0 saturated heterocycles. The van der Waals surface area contributed by atoms with E-state index in [9.17, 15) is 15.0 Å². The quantitative estimate of drug-likeness (QED) is 0.737. The lowest BCUT2D eigenvalue weighted by molar-refractivity contribution is -0.122. The van der Waals surface area contributed by atoms with Crippen LogP contribution in [0, 0.1) is 0 Å². The smallest absolute Gasteiger partial charge is 0.233 e. The van der Waals surface area contributed by atoms with Crippen LogP contribution in [0.15, 0.2) is 18.2 Å². The average Bonchev–Trinajstić information content (AvgIpc) is 2.35. The fraction of sp³-hybridized carbons (Fsp3) is 0.462. The van der Waals surface area contributed by atoms with Crippen LogP contribution < -0.4 is 5.32 Å². The second-order valence-electron chi connectivity index (χ2n) is 4.12. The number of hydrogen-bond donors (Lipinski definition) is 3. The molecule has 1 aromatic carbocycles. The van der Waals surface area contributed by atoms with Crippen LogP contribution in [0.2, 0.25) is 0 Å². The molecule has 0 radical (unpaired) electrons. The third-order valence-corrected chi connectivity index (χ3v) is 3.06. The van der Waals surface area contributed by atoms with E-state index in [4.69, 9.17) is 0 Å². The SMILES string of the molecule is CCN(CC(=O)NC)C(C)c1c(O)cccc1O. The van der Waals surface area contributed by atoms with Gasteiger partial charge >= 0.3 is 0 Å². The molecule has 0 saturated carbocycles. The molecule has 0 heterocycles. The highest BCUT2D eigenvalue weighted by Crippen LogP contribution is 2.35. The van der Waals surface area contributed by atoms with E-state index < -0.39 is 0 Å². The van der Waals surface area contributed by atoms with E-state index in [0.29, 0.717) is 12.1 Å².